The van der Waals surface area contributed by atoms with Gasteiger partial charge in [-0.05, 0) is 92.1 Å². The van der Waals surface area contributed by atoms with E-state index >= 15 is 0 Å². The van der Waals surface area contributed by atoms with Crippen LogP contribution in [0.2, 0.25) is 0 Å². The number of Topliss-reactive ketones (excluding diaryl/α,β-unsaturated/α-hetero) is 1. The van der Waals surface area contributed by atoms with Crippen LogP contribution in [0, 0.1) is 17.8 Å². The number of nitrogens with zero attached hydrogens (tertiary/aromatic N) is 2. The van der Waals surface area contributed by atoms with Gasteiger partial charge in [0, 0.05) is 24.5 Å². The van der Waals surface area contributed by atoms with Gasteiger partial charge in [-0.1, -0.05) is 57.2 Å². The van der Waals surface area contributed by atoms with E-state index in [4.69, 9.17) is 23.7 Å². The maximum Gasteiger partial charge on any atom is 0.316 e. The molecular formula is C40H64N2O9. The molecule has 11 nitrogen and oxygen atoms in total. The molecule has 0 unspecified atom stereocenters. The number of esters is 1. The lowest BCUT2D eigenvalue weighted by molar-refractivity contribution is -0.297. The minimum absolute atomic E-state index is 0.0783. The quantitative estimate of drug-likeness (QED) is 0.334. The zero-order valence-corrected chi connectivity index (χ0v) is 32.7. The molecule has 13 atom stereocenters. The van der Waals surface area contributed by atoms with Gasteiger partial charge in [-0.3, -0.25) is 9.59 Å². The van der Waals surface area contributed by atoms with Gasteiger partial charge in [-0.25, -0.2) is 0 Å². The number of ether oxygens (including phenoxy) is 5. The summed E-state index contributed by atoms with van der Waals surface area (Å²) in [5, 5.41) is 23.8. The van der Waals surface area contributed by atoms with Gasteiger partial charge in [0.15, 0.2) is 12.1 Å². The van der Waals surface area contributed by atoms with Gasteiger partial charge in [-0.2, -0.15) is 0 Å². The molecule has 288 valence electrons. The number of carbonyl (C=O) groups excluding carboxylic acids is 2. The maximum atomic E-state index is 14.4. The Morgan fingerprint density at radius 1 is 1.06 bits per heavy atom. The molecule has 0 spiro atoms. The molecule has 1 aromatic carbocycles. The third-order valence-corrected chi connectivity index (χ3v) is 11.5. The molecule has 11 heteroatoms. The summed E-state index contributed by atoms with van der Waals surface area (Å²) >= 11 is 0. The van der Waals surface area contributed by atoms with Crippen LogP contribution >= 0.6 is 0 Å². The highest BCUT2D eigenvalue weighted by Gasteiger charge is 2.51. The number of likely N-dealkylation sites (N-methyl/N-ethyl adjacent to an activating group) is 1. The van der Waals surface area contributed by atoms with Gasteiger partial charge in [0.2, 0.25) is 0 Å². The predicted molar refractivity (Wildman–Crippen MR) is 196 cm³/mol. The summed E-state index contributed by atoms with van der Waals surface area (Å²) in [6, 6.07) is 9.58. The number of aliphatic hydroxyl groups excluding tert-OH is 1. The van der Waals surface area contributed by atoms with Crippen molar-refractivity contribution in [1.82, 2.24) is 9.80 Å². The molecule has 2 bridgehead atoms. The van der Waals surface area contributed by atoms with E-state index in [1.807, 2.05) is 90.1 Å². The van der Waals surface area contributed by atoms with Crippen LogP contribution in [-0.4, -0.2) is 133 Å². The first-order valence-electron chi connectivity index (χ1n) is 18.7. The Labute approximate surface area is 305 Å². The van der Waals surface area contributed by atoms with Crippen molar-refractivity contribution in [2.24, 2.45) is 17.8 Å². The molecule has 5 rings (SSSR count). The highest BCUT2D eigenvalue weighted by atomic mass is 16.7. The average Bonchev–Trinajstić information content (AvgIpc) is 3.07. The zero-order chi connectivity index (χ0) is 37.8. The molecule has 0 aromatic heterocycles. The van der Waals surface area contributed by atoms with Gasteiger partial charge >= 0.3 is 5.97 Å². The molecule has 0 aliphatic carbocycles. The average molecular weight is 717 g/mol. The van der Waals surface area contributed by atoms with E-state index in [-0.39, 0.29) is 43.1 Å². The Morgan fingerprint density at radius 3 is 2.35 bits per heavy atom. The lowest BCUT2D eigenvalue weighted by Crippen LogP contribution is -2.60. The van der Waals surface area contributed by atoms with E-state index in [9.17, 15) is 19.8 Å². The summed E-state index contributed by atoms with van der Waals surface area (Å²) in [5.74, 6) is -3.33. The molecule has 4 saturated heterocycles. The highest BCUT2D eigenvalue weighted by Crippen LogP contribution is 2.38. The third kappa shape index (κ3) is 9.67. The summed E-state index contributed by atoms with van der Waals surface area (Å²) in [6.45, 7) is 15.7. The van der Waals surface area contributed by atoms with Gasteiger partial charge in [-0.15, -0.1) is 0 Å². The van der Waals surface area contributed by atoms with Crippen LogP contribution in [0.15, 0.2) is 35.9 Å². The molecule has 0 saturated carbocycles. The van der Waals surface area contributed by atoms with Crippen LogP contribution in [-0.2, 0) is 33.3 Å². The molecule has 4 fully saturated rings. The first-order chi connectivity index (χ1) is 23.9. The smallest absolute Gasteiger partial charge is 0.316 e. The SMILES string of the molecule is CC[C@H]1OC(=O)[C@H](C)C(=O)[C@H](C)[C@@H](O[C@@H]2O[C@H](C)C[C@H](N(C)C)[C@H]2O)[C@@]2(C)C[C@@H](C)N(C)C[C@H](C)[C@H](OC/C(=C\c3ccccc3)CO2)[C@]1(C)O. The topological polar surface area (TPSA) is 127 Å². The number of fused-ring (bicyclic) bond motifs is 15. The van der Waals surface area contributed by atoms with E-state index in [0.717, 1.165) is 11.1 Å². The van der Waals surface area contributed by atoms with Gasteiger partial charge < -0.3 is 43.7 Å². The fourth-order valence-corrected chi connectivity index (χ4v) is 8.29. The number of benzene rings is 1. The number of ketones is 1. The van der Waals surface area contributed by atoms with E-state index in [0.29, 0.717) is 25.8 Å². The lowest BCUT2D eigenvalue weighted by atomic mass is 9.79. The second-order valence-corrected chi connectivity index (χ2v) is 16.1. The number of hydrogen-bond acceptors (Lipinski definition) is 11. The largest absolute Gasteiger partial charge is 0.459 e. The number of hydrogen-bond donors (Lipinski definition) is 2. The van der Waals surface area contributed by atoms with Crippen LogP contribution in [0.25, 0.3) is 6.08 Å². The van der Waals surface area contributed by atoms with Crippen molar-refractivity contribution < 1.29 is 43.5 Å². The molecule has 0 amide bonds. The third-order valence-electron chi connectivity index (χ3n) is 11.5. The van der Waals surface area contributed by atoms with Crippen molar-refractivity contribution >= 4 is 17.8 Å². The van der Waals surface area contributed by atoms with Crippen molar-refractivity contribution in [3.05, 3.63) is 41.5 Å². The van der Waals surface area contributed by atoms with Crippen LogP contribution in [0.1, 0.15) is 80.2 Å². The van der Waals surface area contributed by atoms with E-state index < -0.39 is 59.7 Å². The molecule has 51 heavy (non-hydrogen) atoms. The predicted octanol–water partition coefficient (Wildman–Crippen LogP) is 4.33. The highest BCUT2D eigenvalue weighted by molar-refractivity contribution is 6.00. The second kappa shape index (κ2) is 17.3. The fraction of sp³-hybridized carbons (Fsp3) is 0.750. The van der Waals surface area contributed by atoms with Crippen molar-refractivity contribution in [3.8, 4) is 0 Å². The summed E-state index contributed by atoms with van der Waals surface area (Å²) < 4.78 is 32.8. The number of carbonyl (C=O) groups is 2. The van der Waals surface area contributed by atoms with Crippen LogP contribution in [0.3, 0.4) is 0 Å². The maximum absolute atomic E-state index is 14.4. The Kier molecular flexibility index (Phi) is 14.1. The van der Waals surface area contributed by atoms with Crippen LogP contribution in [0.4, 0.5) is 0 Å². The summed E-state index contributed by atoms with van der Waals surface area (Å²) in [4.78, 5) is 32.3. The molecular weight excluding hydrogens is 652 g/mol. The number of rotatable bonds is 5. The minimum atomic E-state index is -1.58. The monoisotopic (exact) mass is 716 g/mol. The molecule has 0 radical (unpaired) electrons. The van der Waals surface area contributed by atoms with Crippen molar-refractivity contribution in [3.63, 3.8) is 0 Å². The Balaban J connectivity index is 1.92. The summed E-state index contributed by atoms with van der Waals surface area (Å²) in [5.41, 5.74) is -0.911. The summed E-state index contributed by atoms with van der Waals surface area (Å²) in [6.07, 6.45) is -1.47. The van der Waals surface area contributed by atoms with Crippen molar-refractivity contribution in [2.45, 2.75) is 135 Å². The standard InChI is InChI=1S/C40H64N2O9/c1-12-32-40(8,46)35-24(2)21-42(11)25(3)20-39(7,48-23-30(22-47-35)19-29-16-14-13-15-17-29)36(27(5)33(43)28(6)37(45)50-32)51-38-34(44)31(41(9)10)18-26(4)49-38/h13-17,19,24-28,31-32,34-36,38,44,46H,12,18,20-23H2,1-11H3/b30-19+/t24-,25+,26+,27-,28+,31-,32+,34+,35-,36+,38-,39+,40+/m0/s1. The Bertz CT molecular complexity index is 1340. The van der Waals surface area contributed by atoms with Crippen molar-refractivity contribution in [2.75, 3.05) is 40.9 Å². The molecule has 1 aromatic rings. The summed E-state index contributed by atoms with van der Waals surface area (Å²) in [7, 11) is 5.85. The Morgan fingerprint density at radius 2 is 1.73 bits per heavy atom. The molecule has 2 N–H and O–H groups in total. The van der Waals surface area contributed by atoms with Gasteiger partial charge in [0.25, 0.3) is 0 Å². The van der Waals surface area contributed by atoms with Crippen LogP contribution in [0.5, 0.6) is 0 Å². The van der Waals surface area contributed by atoms with E-state index in [2.05, 4.69) is 11.8 Å². The Hall–Kier alpha value is -2.22. The fourth-order valence-electron chi connectivity index (χ4n) is 8.29. The minimum Gasteiger partial charge on any atom is -0.459 e. The normalized spacial score (nSPS) is 42.1. The molecule has 4 heterocycles. The second-order valence-electron chi connectivity index (χ2n) is 16.1. The van der Waals surface area contributed by atoms with Crippen molar-refractivity contribution in [1.29, 1.82) is 0 Å². The van der Waals surface area contributed by atoms with Gasteiger partial charge in [0.1, 0.15) is 23.7 Å². The first-order valence-corrected chi connectivity index (χ1v) is 18.7. The van der Waals surface area contributed by atoms with E-state index in [1.54, 1.807) is 13.8 Å². The molecule has 4 aliphatic rings. The first kappa shape index (κ1) is 41.5. The zero-order valence-electron chi connectivity index (χ0n) is 32.7. The number of aliphatic hydroxyl groups is 2. The van der Waals surface area contributed by atoms with E-state index in [1.165, 1.54) is 6.92 Å². The van der Waals surface area contributed by atoms with Gasteiger partial charge in [0.05, 0.1) is 37.1 Å². The van der Waals surface area contributed by atoms with Crippen LogP contribution < -0.4 is 0 Å². The molecule has 4 aliphatic heterocycles. The lowest BCUT2D eigenvalue weighted by Gasteiger charge is -2.48.